The number of amides is 1. The van der Waals surface area contributed by atoms with Crippen molar-refractivity contribution in [1.29, 1.82) is 5.26 Å². The fourth-order valence-electron chi connectivity index (χ4n) is 4.11. The highest BCUT2D eigenvalue weighted by atomic mass is 32.2. The molecule has 0 radical (unpaired) electrons. The van der Waals surface area contributed by atoms with Gasteiger partial charge in [0.05, 0.1) is 4.91 Å². The van der Waals surface area contributed by atoms with E-state index in [2.05, 4.69) is 22.9 Å². The van der Waals surface area contributed by atoms with Crippen molar-refractivity contribution in [2.24, 2.45) is 0 Å². The molecule has 172 valence electrons. The van der Waals surface area contributed by atoms with Crippen LogP contribution < -0.4 is 10.5 Å². The van der Waals surface area contributed by atoms with E-state index in [9.17, 15) is 14.9 Å². The Balaban J connectivity index is 2.22. The number of hydrogen-bond donors (Lipinski definition) is 0. The summed E-state index contributed by atoms with van der Waals surface area (Å²) in [5.74, 6) is 0.695. The van der Waals surface area contributed by atoms with Gasteiger partial charge in [-0.3, -0.25) is 19.1 Å². The molecule has 0 saturated carbocycles. The molecule has 0 aromatic carbocycles. The minimum Gasteiger partial charge on any atom is -0.355 e. The second kappa shape index (κ2) is 10.2. The van der Waals surface area contributed by atoms with E-state index in [4.69, 9.17) is 12.2 Å². The number of nitrogens with zero attached hydrogens (tertiary/aromatic N) is 5. The minimum atomic E-state index is -0.259. The quantitative estimate of drug-likeness (QED) is 0.464. The predicted molar refractivity (Wildman–Crippen MR) is 135 cm³/mol. The lowest BCUT2D eigenvalue weighted by Gasteiger charge is -2.36. The van der Waals surface area contributed by atoms with Gasteiger partial charge in [-0.1, -0.05) is 37.8 Å². The van der Waals surface area contributed by atoms with Gasteiger partial charge in [0.2, 0.25) is 0 Å². The van der Waals surface area contributed by atoms with Crippen LogP contribution in [0.4, 0.5) is 5.82 Å². The maximum absolute atomic E-state index is 13.2. The zero-order valence-electron chi connectivity index (χ0n) is 19.5. The molecule has 2 aliphatic heterocycles. The van der Waals surface area contributed by atoms with Crippen LogP contribution >= 0.6 is 24.0 Å². The van der Waals surface area contributed by atoms with Crippen molar-refractivity contribution >= 4 is 46.1 Å². The number of thiocarbonyl (C=S) groups is 1. The Kier molecular flexibility index (Phi) is 7.80. The average Bonchev–Trinajstić information content (AvgIpc) is 3.05. The Hall–Kier alpha value is -2.15. The predicted octanol–water partition coefficient (Wildman–Crippen LogP) is 3.19. The van der Waals surface area contributed by atoms with Crippen molar-refractivity contribution in [1.82, 2.24) is 14.4 Å². The number of carbonyl (C=O) groups is 1. The molecule has 0 aliphatic carbocycles. The zero-order chi connectivity index (χ0) is 23.6. The summed E-state index contributed by atoms with van der Waals surface area (Å²) in [7, 11) is 2.08. The van der Waals surface area contributed by atoms with Crippen LogP contribution in [0.2, 0.25) is 0 Å². The molecule has 1 atom stereocenters. The van der Waals surface area contributed by atoms with Crippen LogP contribution in [0.5, 0.6) is 0 Å². The van der Waals surface area contributed by atoms with Gasteiger partial charge in [-0.25, -0.2) is 0 Å². The molecular formula is C23H31N5O2S2. The smallest absolute Gasteiger partial charge is 0.270 e. The number of anilines is 1. The summed E-state index contributed by atoms with van der Waals surface area (Å²) in [6.45, 7) is 11.7. The Morgan fingerprint density at radius 3 is 2.44 bits per heavy atom. The first-order valence-corrected chi connectivity index (χ1v) is 12.4. The summed E-state index contributed by atoms with van der Waals surface area (Å²) in [5.41, 5.74) is 1.27. The summed E-state index contributed by atoms with van der Waals surface area (Å²) >= 11 is 6.79. The topological polar surface area (TPSA) is 72.6 Å². The van der Waals surface area contributed by atoms with Gasteiger partial charge in [-0.05, 0) is 45.4 Å². The van der Waals surface area contributed by atoms with E-state index < -0.39 is 0 Å². The lowest BCUT2D eigenvalue weighted by atomic mass is 10.0. The van der Waals surface area contributed by atoms with Crippen LogP contribution in [0.15, 0.2) is 9.70 Å². The molecule has 0 spiro atoms. The van der Waals surface area contributed by atoms with Crippen molar-refractivity contribution in [3.05, 3.63) is 31.9 Å². The fourth-order valence-corrected chi connectivity index (χ4v) is 5.55. The van der Waals surface area contributed by atoms with E-state index in [1.54, 1.807) is 16.4 Å². The molecular weight excluding hydrogens is 442 g/mol. The van der Waals surface area contributed by atoms with Gasteiger partial charge in [0.1, 0.15) is 21.8 Å². The summed E-state index contributed by atoms with van der Waals surface area (Å²) in [5, 5.41) is 9.75. The highest BCUT2D eigenvalue weighted by Crippen LogP contribution is 2.37. The largest absolute Gasteiger partial charge is 0.355 e. The molecule has 2 saturated heterocycles. The average molecular weight is 474 g/mol. The lowest BCUT2D eigenvalue weighted by molar-refractivity contribution is -0.123. The van der Waals surface area contributed by atoms with Gasteiger partial charge >= 0.3 is 0 Å². The number of rotatable bonds is 6. The number of nitriles is 1. The van der Waals surface area contributed by atoms with Crippen LogP contribution in [-0.2, 0) is 11.3 Å². The lowest BCUT2D eigenvalue weighted by Crippen LogP contribution is -2.47. The van der Waals surface area contributed by atoms with E-state index in [0.29, 0.717) is 21.3 Å². The van der Waals surface area contributed by atoms with Gasteiger partial charge in [-0.15, -0.1) is 0 Å². The first-order valence-electron chi connectivity index (χ1n) is 11.1. The maximum Gasteiger partial charge on any atom is 0.270 e. The molecule has 0 N–H and O–H groups in total. The first-order chi connectivity index (χ1) is 15.2. The minimum absolute atomic E-state index is 0.0234. The zero-order valence-corrected chi connectivity index (χ0v) is 21.1. The van der Waals surface area contributed by atoms with Crippen LogP contribution in [0, 0.1) is 18.3 Å². The summed E-state index contributed by atoms with van der Waals surface area (Å²) in [4.78, 5) is 33.1. The standard InChI is InChI=1S/C23H31N5O2S2/c1-6-8-27-20(26-11-9-25(5)10-12-26)17(16(4)18(14-24)21(27)29)13-19-22(30)28(15(3)7-2)23(31)32-19/h13,15H,6-12H2,1-5H3. The summed E-state index contributed by atoms with van der Waals surface area (Å²) in [6, 6.07) is 2.13. The highest BCUT2D eigenvalue weighted by Gasteiger charge is 2.35. The molecule has 2 aliphatic rings. The van der Waals surface area contributed by atoms with Gasteiger partial charge < -0.3 is 9.80 Å². The Morgan fingerprint density at radius 2 is 1.88 bits per heavy atom. The van der Waals surface area contributed by atoms with E-state index in [0.717, 1.165) is 50.4 Å². The van der Waals surface area contributed by atoms with Crippen LogP contribution in [-0.4, -0.2) is 63.9 Å². The summed E-state index contributed by atoms with van der Waals surface area (Å²) in [6.07, 6.45) is 3.42. The van der Waals surface area contributed by atoms with Crippen LogP contribution in [0.1, 0.15) is 50.3 Å². The number of likely N-dealkylation sites (N-methyl/N-ethyl adjacent to an activating group) is 1. The molecule has 1 aromatic rings. The maximum atomic E-state index is 13.2. The number of aromatic nitrogens is 1. The van der Waals surface area contributed by atoms with Gasteiger partial charge in [0.15, 0.2) is 0 Å². The number of piperazine rings is 1. The molecule has 3 rings (SSSR count). The molecule has 1 unspecified atom stereocenters. The number of hydrogen-bond acceptors (Lipinski definition) is 7. The van der Waals surface area contributed by atoms with Crippen molar-refractivity contribution in [3.63, 3.8) is 0 Å². The SMILES string of the molecule is CCCn1c(N2CCN(C)CC2)c(C=C2SC(=S)N(C(C)CC)C2=O)c(C)c(C#N)c1=O. The van der Waals surface area contributed by atoms with Crippen molar-refractivity contribution in [3.8, 4) is 6.07 Å². The van der Waals surface area contributed by atoms with Crippen molar-refractivity contribution in [2.75, 3.05) is 38.1 Å². The molecule has 3 heterocycles. The number of thioether (sulfide) groups is 1. The van der Waals surface area contributed by atoms with E-state index >= 15 is 0 Å². The third-order valence-electron chi connectivity index (χ3n) is 6.23. The highest BCUT2D eigenvalue weighted by molar-refractivity contribution is 8.26. The van der Waals surface area contributed by atoms with Crippen molar-refractivity contribution < 1.29 is 4.79 Å². The molecule has 9 heteroatoms. The number of carbonyl (C=O) groups excluding carboxylic acids is 1. The second-order valence-corrected chi connectivity index (χ2v) is 10.1. The van der Waals surface area contributed by atoms with Crippen LogP contribution in [0.3, 0.4) is 0 Å². The Bertz CT molecular complexity index is 1050. The Morgan fingerprint density at radius 1 is 1.22 bits per heavy atom. The van der Waals surface area contributed by atoms with E-state index in [-0.39, 0.29) is 23.1 Å². The Labute approximate surface area is 199 Å². The van der Waals surface area contributed by atoms with Gasteiger partial charge in [-0.2, -0.15) is 5.26 Å². The fraction of sp³-hybridized carbons (Fsp3) is 0.565. The molecule has 2 fully saturated rings. The normalized spacial score (nSPS) is 19.7. The third-order valence-corrected chi connectivity index (χ3v) is 7.56. The van der Waals surface area contributed by atoms with Gasteiger partial charge in [0.25, 0.3) is 11.5 Å². The van der Waals surface area contributed by atoms with Crippen LogP contribution in [0.25, 0.3) is 6.08 Å². The van der Waals surface area contributed by atoms with E-state index in [1.165, 1.54) is 11.8 Å². The summed E-state index contributed by atoms with van der Waals surface area (Å²) < 4.78 is 2.27. The first kappa shape index (κ1) is 24.5. The van der Waals surface area contributed by atoms with Crippen molar-refractivity contribution in [2.45, 2.75) is 53.1 Å². The number of pyridine rings is 1. The molecule has 32 heavy (non-hydrogen) atoms. The second-order valence-electron chi connectivity index (χ2n) is 8.41. The molecule has 1 aromatic heterocycles. The monoisotopic (exact) mass is 473 g/mol. The molecule has 7 nitrogen and oxygen atoms in total. The van der Waals surface area contributed by atoms with E-state index in [1.807, 2.05) is 26.8 Å². The van der Waals surface area contributed by atoms with Gasteiger partial charge in [0, 0.05) is 44.3 Å². The molecule has 0 bridgehead atoms. The molecule has 1 amide bonds. The third kappa shape index (κ3) is 4.49.